The monoisotopic (exact) mass is 367 g/mol. The molecule has 134 valence electrons. The van der Waals surface area contributed by atoms with Gasteiger partial charge in [-0.2, -0.15) is 0 Å². The number of ether oxygens (including phenoxy) is 1. The Morgan fingerprint density at radius 2 is 2.04 bits per heavy atom. The quantitative estimate of drug-likeness (QED) is 0.759. The summed E-state index contributed by atoms with van der Waals surface area (Å²) in [5, 5.41) is 6.39. The van der Waals surface area contributed by atoms with Gasteiger partial charge >= 0.3 is 0 Å². The van der Waals surface area contributed by atoms with Gasteiger partial charge in [-0.3, -0.25) is 4.79 Å². The van der Waals surface area contributed by atoms with Crippen molar-refractivity contribution in [3.63, 3.8) is 0 Å². The maximum Gasteiger partial charge on any atom is 0.254 e. The van der Waals surface area contributed by atoms with E-state index in [9.17, 15) is 4.79 Å². The number of morpholine rings is 1. The van der Waals surface area contributed by atoms with Crippen molar-refractivity contribution in [2.45, 2.75) is 13.0 Å². The number of carbonyl (C=O) groups is 1. The Kier molecular flexibility index (Phi) is 4.86. The second-order valence-electron chi connectivity index (χ2n) is 6.36. The molecule has 1 aromatic carbocycles. The van der Waals surface area contributed by atoms with Crippen LogP contribution in [0.5, 0.6) is 0 Å². The van der Waals surface area contributed by atoms with Gasteiger partial charge in [-0.1, -0.05) is 24.3 Å². The first-order valence-corrected chi connectivity index (χ1v) is 9.67. The van der Waals surface area contributed by atoms with Gasteiger partial charge in [0.15, 0.2) is 0 Å². The van der Waals surface area contributed by atoms with Crippen molar-refractivity contribution in [1.82, 2.24) is 9.88 Å². The number of hydrogen-bond acceptors (Lipinski definition) is 5. The van der Waals surface area contributed by atoms with Crippen LogP contribution in [0.3, 0.4) is 0 Å². The summed E-state index contributed by atoms with van der Waals surface area (Å²) in [5.74, 6) is 0.764. The van der Waals surface area contributed by atoms with Gasteiger partial charge in [0.1, 0.15) is 5.82 Å². The number of amides is 1. The van der Waals surface area contributed by atoms with E-state index in [0.717, 1.165) is 16.7 Å². The molecule has 5 nitrogen and oxygen atoms in total. The zero-order valence-corrected chi connectivity index (χ0v) is 15.5. The SMILES string of the molecule is C[C@H](Nc1cc(C(=O)N2CCOCC2)c2ccccc2n1)c1cccs1. The van der Waals surface area contributed by atoms with Crippen LogP contribution in [0.2, 0.25) is 0 Å². The minimum Gasteiger partial charge on any atom is -0.378 e. The molecule has 0 spiro atoms. The van der Waals surface area contributed by atoms with E-state index in [1.165, 1.54) is 4.88 Å². The van der Waals surface area contributed by atoms with E-state index in [0.29, 0.717) is 31.9 Å². The molecule has 0 unspecified atom stereocenters. The first kappa shape index (κ1) is 17.0. The number of anilines is 1. The van der Waals surface area contributed by atoms with Crippen LogP contribution >= 0.6 is 11.3 Å². The highest BCUT2D eigenvalue weighted by Gasteiger charge is 2.22. The van der Waals surface area contributed by atoms with E-state index in [2.05, 4.69) is 23.7 Å². The second-order valence-corrected chi connectivity index (χ2v) is 7.34. The molecule has 1 aliphatic rings. The number of rotatable bonds is 4. The van der Waals surface area contributed by atoms with Crippen LogP contribution in [-0.2, 0) is 4.74 Å². The molecule has 0 saturated carbocycles. The van der Waals surface area contributed by atoms with Crippen molar-refractivity contribution < 1.29 is 9.53 Å². The van der Waals surface area contributed by atoms with E-state index in [-0.39, 0.29) is 11.9 Å². The number of para-hydroxylation sites is 1. The highest BCUT2D eigenvalue weighted by Crippen LogP contribution is 2.26. The van der Waals surface area contributed by atoms with E-state index >= 15 is 0 Å². The molecular formula is C20H21N3O2S. The van der Waals surface area contributed by atoms with Crippen LogP contribution in [0, 0.1) is 0 Å². The molecule has 2 aromatic heterocycles. The summed E-state index contributed by atoms with van der Waals surface area (Å²) < 4.78 is 5.37. The summed E-state index contributed by atoms with van der Waals surface area (Å²) in [6, 6.07) is 14.0. The fraction of sp³-hybridized carbons (Fsp3) is 0.300. The van der Waals surface area contributed by atoms with Gasteiger partial charge in [-0.25, -0.2) is 4.98 Å². The van der Waals surface area contributed by atoms with Crippen molar-refractivity contribution in [1.29, 1.82) is 0 Å². The van der Waals surface area contributed by atoms with Crippen LogP contribution < -0.4 is 5.32 Å². The Hall–Kier alpha value is -2.44. The number of nitrogens with one attached hydrogen (secondary N) is 1. The van der Waals surface area contributed by atoms with Crippen LogP contribution in [0.25, 0.3) is 10.9 Å². The number of hydrogen-bond donors (Lipinski definition) is 1. The molecular weight excluding hydrogens is 346 g/mol. The predicted molar refractivity (Wildman–Crippen MR) is 105 cm³/mol. The molecule has 4 rings (SSSR count). The fourth-order valence-electron chi connectivity index (χ4n) is 3.19. The highest BCUT2D eigenvalue weighted by molar-refractivity contribution is 7.10. The van der Waals surface area contributed by atoms with Crippen LogP contribution in [0.4, 0.5) is 5.82 Å². The average molecular weight is 367 g/mol. The molecule has 3 heterocycles. The molecule has 1 aliphatic heterocycles. The first-order valence-electron chi connectivity index (χ1n) is 8.79. The molecule has 1 atom stereocenters. The largest absolute Gasteiger partial charge is 0.378 e. The number of nitrogens with zero attached hydrogens (tertiary/aromatic N) is 2. The maximum atomic E-state index is 13.1. The number of aromatic nitrogens is 1. The lowest BCUT2D eigenvalue weighted by Gasteiger charge is -2.27. The third-order valence-corrected chi connectivity index (χ3v) is 5.63. The lowest BCUT2D eigenvalue weighted by Crippen LogP contribution is -2.40. The molecule has 0 radical (unpaired) electrons. The predicted octanol–water partition coefficient (Wildman–Crippen LogP) is 3.94. The van der Waals surface area contributed by atoms with Crippen molar-refractivity contribution in [3.8, 4) is 0 Å². The lowest BCUT2D eigenvalue weighted by molar-refractivity contribution is 0.0304. The third-order valence-electron chi connectivity index (χ3n) is 4.58. The maximum absolute atomic E-state index is 13.1. The molecule has 26 heavy (non-hydrogen) atoms. The van der Waals surface area contributed by atoms with Gasteiger partial charge in [-0.15, -0.1) is 11.3 Å². The Morgan fingerprint density at radius 3 is 2.81 bits per heavy atom. The fourth-order valence-corrected chi connectivity index (χ4v) is 3.93. The van der Waals surface area contributed by atoms with Gasteiger partial charge < -0.3 is 15.0 Å². The van der Waals surface area contributed by atoms with E-state index in [4.69, 9.17) is 9.72 Å². The Labute approximate surface area is 156 Å². The minimum atomic E-state index is 0.0405. The second kappa shape index (κ2) is 7.43. The van der Waals surface area contributed by atoms with E-state index in [1.54, 1.807) is 11.3 Å². The number of fused-ring (bicyclic) bond motifs is 1. The summed E-state index contributed by atoms with van der Waals surface area (Å²) >= 11 is 1.71. The van der Waals surface area contributed by atoms with E-state index < -0.39 is 0 Å². The van der Waals surface area contributed by atoms with Crippen molar-refractivity contribution >= 4 is 34.0 Å². The Balaban J connectivity index is 1.70. The zero-order chi connectivity index (χ0) is 17.9. The topological polar surface area (TPSA) is 54.5 Å². The van der Waals surface area contributed by atoms with Crippen LogP contribution in [0.1, 0.15) is 28.2 Å². The van der Waals surface area contributed by atoms with E-state index in [1.807, 2.05) is 41.3 Å². The summed E-state index contributed by atoms with van der Waals surface area (Å²) in [7, 11) is 0. The summed E-state index contributed by atoms with van der Waals surface area (Å²) in [6.45, 7) is 4.55. The highest BCUT2D eigenvalue weighted by atomic mass is 32.1. The van der Waals surface area contributed by atoms with Gasteiger partial charge in [0, 0.05) is 23.4 Å². The summed E-state index contributed by atoms with van der Waals surface area (Å²) in [6.07, 6.45) is 0. The number of pyridine rings is 1. The van der Waals surface area contributed by atoms with Gasteiger partial charge in [0.2, 0.25) is 0 Å². The number of thiophene rings is 1. The third kappa shape index (κ3) is 3.43. The lowest BCUT2D eigenvalue weighted by atomic mass is 10.1. The minimum absolute atomic E-state index is 0.0405. The average Bonchev–Trinajstić information content (AvgIpc) is 3.22. The van der Waals surface area contributed by atoms with Gasteiger partial charge in [0.05, 0.1) is 30.3 Å². The zero-order valence-electron chi connectivity index (χ0n) is 14.6. The Morgan fingerprint density at radius 1 is 1.23 bits per heavy atom. The standard InChI is InChI=1S/C20H21N3O2S/c1-14(18-7-4-12-26-18)21-19-13-16(15-5-2-3-6-17(15)22-19)20(24)23-8-10-25-11-9-23/h2-7,12-14H,8-11H2,1H3,(H,21,22)/t14-/m0/s1. The molecule has 1 saturated heterocycles. The number of benzene rings is 1. The molecule has 1 N–H and O–H groups in total. The first-order chi connectivity index (χ1) is 12.7. The van der Waals surface area contributed by atoms with Crippen LogP contribution in [-0.4, -0.2) is 42.1 Å². The molecule has 0 bridgehead atoms. The summed E-state index contributed by atoms with van der Waals surface area (Å²) in [5.41, 5.74) is 1.52. The molecule has 0 aliphatic carbocycles. The van der Waals surface area contributed by atoms with Crippen molar-refractivity contribution in [2.75, 3.05) is 31.6 Å². The molecule has 6 heteroatoms. The van der Waals surface area contributed by atoms with Crippen molar-refractivity contribution in [2.24, 2.45) is 0 Å². The Bertz CT molecular complexity index is 905. The molecule has 1 fully saturated rings. The van der Waals surface area contributed by atoms with Gasteiger partial charge in [-0.05, 0) is 30.5 Å². The number of carbonyl (C=O) groups excluding carboxylic acids is 1. The molecule has 3 aromatic rings. The smallest absolute Gasteiger partial charge is 0.254 e. The van der Waals surface area contributed by atoms with Crippen LogP contribution in [0.15, 0.2) is 47.8 Å². The normalized spacial score (nSPS) is 15.8. The van der Waals surface area contributed by atoms with Gasteiger partial charge in [0.25, 0.3) is 5.91 Å². The molecule has 1 amide bonds. The summed E-state index contributed by atoms with van der Waals surface area (Å²) in [4.78, 5) is 20.9. The van der Waals surface area contributed by atoms with Crippen molar-refractivity contribution in [3.05, 3.63) is 58.3 Å².